The summed E-state index contributed by atoms with van der Waals surface area (Å²) in [6, 6.07) is 12.7. The van der Waals surface area contributed by atoms with Gasteiger partial charge in [-0.05, 0) is 81.7 Å². The van der Waals surface area contributed by atoms with Crippen molar-refractivity contribution in [3.63, 3.8) is 0 Å². The topological polar surface area (TPSA) is 94.1 Å². The van der Waals surface area contributed by atoms with Crippen molar-refractivity contribution in [1.29, 1.82) is 0 Å². The molecule has 8 heteroatoms. The standard InChI is InChI=1S/C29H37N5O2.Na.H/c1-19-28(32-20(2)31-19)24-6-3-5-23(15-24)25(16-27(35)36)18-34-14-12-21(17-34)8-10-26-11-9-22-7-4-13-30-29(22)33-26;;/h3,5-6,9,11,15,21,25H,4,7-8,10,12-14,16-18H2,1-2H3,(H,30,33)(H,31,32)(H,35,36);;/q;+1;-1/t21-,25-;;/m1../s1. The van der Waals surface area contributed by atoms with Crippen LogP contribution in [0, 0.1) is 19.8 Å². The van der Waals surface area contributed by atoms with Crippen LogP contribution >= 0.6 is 0 Å². The maximum Gasteiger partial charge on any atom is 1.00 e. The van der Waals surface area contributed by atoms with Crippen LogP contribution < -0.4 is 34.9 Å². The third-order valence-corrected chi connectivity index (χ3v) is 7.66. The predicted molar refractivity (Wildman–Crippen MR) is 144 cm³/mol. The molecule has 0 amide bonds. The Morgan fingerprint density at radius 3 is 2.89 bits per heavy atom. The van der Waals surface area contributed by atoms with Gasteiger partial charge >= 0.3 is 35.5 Å². The molecule has 2 aliphatic heterocycles. The molecule has 3 aromatic rings. The van der Waals surface area contributed by atoms with Gasteiger partial charge in [-0.15, -0.1) is 0 Å². The Hall–Kier alpha value is -2.19. The van der Waals surface area contributed by atoms with E-state index in [1.54, 1.807) is 0 Å². The maximum atomic E-state index is 11.7. The van der Waals surface area contributed by atoms with E-state index in [1.165, 1.54) is 17.7 Å². The molecule has 3 N–H and O–H groups in total. The van der Waals surface area contributed by atoms with Gasteiger partial charge in [-0.25, -0.2) is 9.97 Å². The number of fused-ring (bicyclic) bond motifs is 1. The Bertz CT molecular complexity index is 1230. The van der Waals surface area contributed by atoms with Crippen molar-refractivity contribution >= 4 is 11.8 Å². The molecule has 2 aromatic heterocycles. The second-order valence-corrected chi connectivity index (χ2v) is 10.5. The van der Waals surface area contributed by atoms with Gasteiger partial charge in [-0.1, -0.05) is 24.3 Å². The van der Waals surface area contributed by atoms with E-state index in [2.05, 4.69) is 50.5 Å². The summed E-state index contributed by atoms with van der Waals surface area (Å²) in [6.07, 6.45) is 5.72. The molecule has 0 bridgehead atoms. The normalized spacial score (nSPS) is 18.1. The van der Waals surface area contributed by atoms with Gasteiger partial charge in [0.1, 0.15) is 11.6 Å². The van der Waals surface area contributed by atoms with Crippen LogP contribution in [-0.2, 0) is 17.6 Å². The smallest absolute Gasteiger partial charge is 1.00 e. The van der Waals surface area contributed by atoms with E-state index in [4.69, 9.17) is 4.98 Å². The first-order valence-electron chi connectivity index (χ1n) is 13.2. The van der Waals surface area contributed by atoms with E-state index >= 15 is 0 Å². The van der Waals surface area contributed by atoms with Gasteiger partial charge < -0.3 is 21.7 Å². The van der Waals surface area contributed by atoms with E-state index in [1.807, 2.05) is 19.9 Å². The number of aliphatic carboxylic acids is 1. The number of aryl methyl sites for hydroxylation is 4. The molecule has 0 spiro atoms. The molecule has 0 unspecified atom stereocenters. The molecule has 4 heterocycles. The van der Waals surface area contributed by atoms with Crippen LogP contribution in [0.1, 0.15) is 61.4 Å². The van der Waals surface area contributed by atoms with Crippen LogP contribution in [0.5, 0.6) is 0 Å². The number of aromatic nitrogens is 3. The van der Waals surface area contributed by atoms with Crippen LogP contribution in [0.15, 0.2) is 36.4 Å². The summed E-state index contributed by atoms with van der Waals surface area (Å²) >= 11 is 0. The molecular weight excluding hydrogens is 473 g/mol. The molecule has 0 saturated carbocycles. The van der Waals surface area contributed by atoms with Crippen LogP contribution in [0.4, 0.5) is 5.82 Å². The number of likely N-dealkylation sites (tertiary alicyclic amines) is 1. The molecule has 2 atom stereocenters. The van der Waals surface area contributed by atoms with Gasteiger partial charge in [0.25, 0.3) is 0 Å². The van der Waals surface area contributed by atoms with Crippen LogP contribution in [0.25, 0.3) is 11.3 Å². The fourth-order valence-electron chi connectivity index (χ4n) is 5.82. The van der Waals surface area contributed by atoms with E-state index in [0.717, 1.165) is 86.0 Å². The number of carboxylic acid groups (broad SMARTS) is 1. The molecule has 192 valence electrons. The number of carboxylic acids is 1. The largest absolute Gasteiger partial charge is 1.00 e. The Morgan fingerprint density at radius 2 is 2.11 bits per heavy atom. The fraction of sp³-hybridized carbons (Fsp3) is 0.483. The van der Waals surface area contributed by atoms with Crippen molar-refractivity contribution in [3.05, 3.63) is 64.7 Å². The minimum atomic E-state index is -0.750. The summed E-state index contributed by atoms with van der Waals surface area (Å²) in [5.74, 6) is 1.79. The van der Waals surface area contributed by atoms with E-state index < -0.39 is 5.97 Å². The maximum absolute atomic E-state index is 11.7. The second kappa shape index (κ2) is 12.6. The number of hydrogen-bond donors (Lipinski definition) is 3. The average Bonchev–Trinajstić information content (AvgIpc) is 3.47. The van der Waals surface area contributed by atoms with Crippen LogP contribution in [0.3, 0.4) is 0 Å². The van der Waals surface area contributed by atoms with Crippen molar-refractivity contribution in [3.8, 4) is 11.3 Å². The Balaban J connectivity index is 0.00000200. The number of anilines is 1. The van der Waals surface area contributed by atoms with E-state index in [0.29, 0.717) is 5.92 Å². The number of carbonyl (C=O) groups is 1. The molecule has 1 saturated heterocycles. The Morgan fingerprint density at radius 1 is 1.24 bits per heavy atom. The van der Waals surface area contributed by atoms with Crippen molar-refractivity contribution in [2.75, 3.05) is 31.5 Å². The molecule has 37 heavy (non-hydrogen) atoms. The number of nitrogens with one attached hydrogen (secondary N) is 2. The third-order valence-electron chi connectivity index (χ3n) is 7.66. The second-order valence-electron chi connectivity index (χ2n) is 10.5. The first-order valence-corrected chi connectivity index (χ1v) is 13.2. The number of rotatable bonds is 9. The molecule has 5 rings (SSSR count). The summed E-state index contributed by atoms with van der Waals surface area (Å²) in [5, 5.41) is 13.1. The molecule has 2 aliphatic rings. The Labute approximate surface area is 243 Å². The first kappa shape index (κ1) is 27.8. The van der Waals surface area contributed by atoms with Gasteiger partial charge in [0, 0.05) is 42.5 Å². The van der Waals surface area contributed by atoms with Crippen molar-refractivity contribution < 1.29 is 40.9 Å². The summed E-state index contributed by atoms with van der Waals surface area (Å²) in [6.45, 7) is 7.81. The van der Waals surface area contributed by atoms with E-state index in [9.17, 15) is 9.90 Å². The Kier molecular flexibility index (Phi) is 9.46. The summed E-state index contributed by atoms with van der Waals surface area (Å²) in [4.78, 5) is 27.0. The number of aromatic amines is 1. The fourth-order valence-corrected chi connectivity index (χ4v) is 5.82. The molecule has 0 radical (unpaired) electrons. The van der Waals surface area contributed by atoms with Gasteiger partial charge in [0.05, 0.1) is 12.1 Å². The van der Waals surface area contributed by atoms with Crippen molar-refractivity contribution in [2.45, 2.75) is 58.3 Å². The number of benzene rings is 1. The third kappa shape index (κ3) is 7.02. The zero-order valence-electron chi connectivity index (χ0n) is 23.4. The molecule has 0 aliphatic carbocycles. The predicted octanol–water partition coefficient (Wildman–Crippen LogP) is 2.08. The minimum Gasteiger partial charge on any atom is -1.00 e. The number of nitrogens with zero attached hydrogens (tertiary/aromatic N) is 3. The number of pyridine rings is 1. The zero-order chi connectivity index (χ0) is 25.1. The summed E-state index contributed by atoms with van der Waals surface area (Å²) in [7, 11) is 0. The average molecular weight is 512 g/mol. The summed E-state index contributed by atoms with van der Waals surface area (Å²) < 4.78 is 0. The van der Waals surface area contributed by atoms with Crippen molar-refractivity contribution in [2.24, 2.45) is 5.92 Å². The van der Waals surface area contributed by atoms with Gasteiger partial charge in [0.15, 0.2) is 0 Å². The molecule has 7 nitrogen and oxygen atoms in total. The zero-order valence-corrected chi connectivity index (χ0v) is 24.4. The van der Waals surface area contributed by atoms with Crippen molar-refractivity contribution in [1.82, 2.24) is 19.9 Å². The monoisotopic (exact) mass is 511 g/mol. The van der Waals surface area contributed by atoms with Crippen LogP contribution in [0.2, 0.25) is 0 Å². The molecular formula is C29H38N5NaO2. The van der Waals surface area contributed by atoms with Crippen LogP contribution in [-0.4, -0.2) is 57.1 Å². The number of imidazole rings is 1. The number of hydrogen-bond acceptors (Lipinski definition) is 5. The molecule has 1 aromatic carbocycles. The molecule has 1 fully saturated rings. The summed E-state index contributed by atoms with van der Waals surface area (Å²) in [5.41, 5.74) is 6.59. The van der Waals surface area contributed by atoms with E-state index in [-0.39, 0.29) is 43.3 Å². The number of H-pyrrole nitrogens is 1. The van der Waals surface area contributed by atoms with Gasteiger partial charge in [0.2, 0.25) is 0 Å². The minimum absolute atomic E-state index is 0. The first-order chi connectivity index (χ1) is 17.4. The van der Waals surface area contributed by atoms with Gasteiger partial charge in [-0.2, -0.15) is 0 Å². The van der Waals surface area contributed by atoms with Gasteiger partial charge in [-0.3, -0.25) is 4.79 Å². The SMILES string of the molecule is Cc1nc(-c2cccc([C@H](CC(=O)O)CN3CC[C@@H](CCc4ccc5c(n4)NCCC5)C3)c2)c(C)[nH]1.[H-].[Na+]. The quantitative estimate of drug-likeness (QED) is 0.381.